The van der Waals surface area contributed by atoms with Crippen molar-refractivity contribution in [2.45, 2.75) is 18.8 Å². The van der Waals surface area contributed by atoms with Crippen LogP contribution >= 0.6 is 11.3 Å². The van der Waals surface area contributed by atoms with E-state index in [1.807, 2.05) is 6.07 Å². The Hall–Kier alpha value is -0.380. The van der Waals surface area contributed by atoms with Gasteiger partial charge in [0.15, 0.2) is 0 Å². The minimum Gasteiger partial charge on any atom is -0.396 e. The van der Waals surface area contributed by atoms with Crippen LogP contribution in [0.2, 0.25) is 0 Å². The van der Waals surface area contributed by atoms with Crippen molar-refractivity contribution in [2.75, 3.05) is 13.2 Å². The van der Waals surface area contributed by atoms with E-state index in [4.69, 9.17) is 10.8 Å². The van der Waals surface area contributed by atoms with Gasteiger partial charge in [0.25, 0.3) is 0 Å². The van der Waals surface area contributed by atoms with Crippen LogP contribution in [0, 0.1) is 0 Å². The van der Waals surface area contributed by atoms with Crippen LogP contribution in [0.1, 0.15) is 23.6 Å². The van der Waals surface area contributed by atoms with E-state index in [2.05, 4.69) is 11.4 Å². The molecule has 0 unspecified atom stereocenters. The molecular formula is C9H15NOS. The Kier molecular flexibility index (Phi) is 4.29. The third-order valence-corrected chi connectivity index (χ3v) is 2.97. The quantitative estimate of drug-likeness (QED) is 0.731. The molecule has 0 aliphatic rings. The molecule has 0 radical (unpaired) electrons. The van der Waals surface area contributed by atoms with Gasteiger partial charge < -0.3 is 10.8 Å². The molecule has 0 bridgehead atoms. The van der Waals surface area contributed by atoms with Crippen LogP contribution in [-0.2, 0) is 0 Å². The third-order valence-electron chi connectivity index (χ3n) is 1.94. The summed E-state index contributed by atoms with van der Waals surface area (Å²) in [5.74, 6) is 0.458. The fraction of sp³-hybridized carbons (Fsp3) is 0.556. The van der Waals surface area contributed by atoms with Crippen molar-refractivity contribution in [1.29, 1.82) is 0 Å². The van der Waals surface area contributed by atoms with Crippen molar-refractivity contribution in [3.63, 3.8) is 0 Å². The molecule has 1 aromatic rings. The molecule has 1 heterocycles. The van der Waals surface area contributed by atoms with E-state index in [-0.39, 0.29) is 6.61 Å². The molecule has 0 fully saturated rings. The van der Waals surface area contributed by atoms with Crippen LogP contribution in [0.3, 0.4) is 0 Å². The molecule has 1 rings (SSSR count). The Bertz CT molecular complexity index is 192. The molecule has 0 spiro atoms. The van der Waals surface area contributed by atoms with Crippen molar-refractivity contribution in [2.24, 2.45) is 5.73 Å². The Balaban J connectivity index is 2.53. The van der Waals surface area contributed by atoms with Crippen molar-refractivity contribution in [1.82, 2.24) is 0 Å². The molecule has 0 amide bonds. The highest BCUT2D eigenvalue weighted by molar-refractivity contribution is 7.10. The number of hydrogen-bond donors (Lipinski definition) is 2. The Labute approximate surface area is 77.0 Å². The zero-order valence-electron chi connectivity index (χ0n) is 7.07. The lowest BCUT2D eigenvalue weighted by atomic mass is 10.0. The van der Waals surface area contributed by atoms with Gasteiger partial charge in [-0.2, -0.15) is 0 Å². The van der Waals surface area contributed by atoms with Gasteiger partial charge in [0.1, 0.15) is 0 Å². The van der Waals surface area contributed by atoms with Gasteiger partial charge in [-0.3, -0.25) is 0 Å². The summed E-state index contributed by atoms with van der Waals surface area (Å²) in [6.07, 6.45) is 1.80. The maximum absolute atomic E-state index is 8.83. The van der Waals surface area contributed by atoms with Crippen LogP contribution in [0.15, 0.2) is 17.5 Å². The number of thiophene rings is 1. The van der Waals surface area contributed by atoms with Gasteiger partial charge >= 0.3 is 0 Å². The molecule has 68 valence electrons. The second kappa shape index (κ2) is 5.30. The lowest BCUT2D eigenvalue weighted by Gasteiger charge is -2.11. The van der Waals surface area contributed by atoms with E-state index in [0.717, 1.165) is 12.8 Å². The average Bonchev–Trinajstić information content (AvgIpc) is 2.56. The zero-order chi connectivity index (χ0) is 8.81. The van der Waals surface area contributed by atoms with Crippen LogP contribution < -0.4 is 5.73 Å². The van der Waals surface area contributed by atoms with Crippen molar-refractivity contribution in [3.05, 3.63) is 22.4 Å². The van der Waals surface area contributed by atoms with Crippen LogP contribution in [0.5, 0.6) is 0 Å². The van der Waals surface area contributed by atoms with E-state index in [0.29, 0.717) is 12.5 Å². The summed E-state index contributed by atoms with van der Waals surface area (Å²) in [5.41, 5.74) is 5.49. The molecule has 3 N–H and O–H groups in total. The van der Waals surface area contributed by atoms with Gasteiger partial charge in [-0.1, -0.05) is 6.07 Å². The molecule has 2 nitrogen and oxygen atoms in total. The minimum atomic E-state index is 0.253. The molecule has 0 saturated carbocycles. The molecule has 1 atom stereocenters. The summed E-state index contributed by atoms with van der Waals surface area (Å²) in [6.45, 7) is 0.950. The standard InChI is InChI=1S/C9H15NOS/c10-5-3-8(4-6-11)9-2-1-7-12-9/h1-2,7-8,11H,3-6,10H2/t8-/m1/s1. The first kappa shape index (κ1) is 9.71. The Morgan fingerprint density at radius 2 is 2.33 bits per heavy atom. The summed E-state index contributed by atoms with van der Waals surface area (Å²) in [4.78, 5) is 1.34. The summed E-state index contributed by atoms with van der Waals surface area (Å²) in [6, 6.07) is 4.15. The SMILES string of the molecule is NCC[C@H](CCO)c1cccs1. The first-order valence-electron chi connectivity index (χ1n) is 4.22. The second-order valence-electron chi connectivity index (χ2n) is 2.80. The highest BCUT2D eigenvalue weighted by Gasteiger charge is 2.10. The zero-order valence-corrected chi connectivity index (χ0v) is 7.89. The van der Waals surface area contributed by atoms with E-state index < -0.39 is 0 Å². The summed E-state index contributed by atoms with van der Waals surface area (Å²) in [7, 11) is 0. The van der Waals surface area contributed by atoms with Crippen molar-refractivity contribution >= 4 is 11.3 Å². The average molecular weight is 185 g/mol. The predicted molar refractivity (Wildman–Crippen MR) is 52.4 cm³/mol. The summed E-state index contributed by atoms with van der Waals surface area (Å²) < 4.78 is 0. The lowest BCUT2D eigenvalue weighted by Crippen LogP contribution is -2.07. The summed E-state index contributed by atoms with van der Waals surface area (Å²) in [5, 5.41) is 10.9. The van der Waals surface area contributed by atoms with Crippen LogP contribution in [0.25, 0.3) is 0 Å². The normalized spacial score (nSPS) is 13.2. The number of rotatable bonds is 5. The van der Waals surface area contributed by atoms with E-state index in [1.54, 1.807) is 11.3 Å². The summed E-state index contributed by atoms with van der Waals surface area (Å²) >= 11 is 1.74. The second-order valence-corrected chi connectivity index (χ2v) is 3.78. The van der Waals surface area contributed by atoms with Gasteiger partial charge in [-0.15, -0.1) is 11.3 Å². The Morgan fingerprint density at radius 3 is 2.83 bits per heavy atom. The number of nitrogens with two attached hydrogens (primary N) is 1. The van der Waals surface area contributed by atoms with Crippen molar-refractivity contribution in [3.8, 4) is 0 Å². The lowest BCUT2D eigenvalue weighted by molar-refractivity contribution is 0.274. The molecule has 0 saturated heterocycles. The smallest absolute Gasteiger partial charge is 0.0437 e. The highest BCUT2D eigenvalue weighted by Crippen LogP contribution is 2.26. The number of aliphatic hydroxyl groups is 1. The van der Waals surface area contributed by atoms with Gasteiger partial charge in [0.2, 0.25) is 0 Å². The van der Waals surface area contributed by atoms with Gasteiger partial charge in [0, 0.05) is 11.5 Å². The van der Waals surface area contributed by atoms with E-state index in [1.165, 1.54) is 4.88 Å². The predicted octanol–water partition coefficient (Wildman–Crippen LogP) is 1.56. The van der Waals surface area contributed by atoms with E-state index >= 15 is 0 Å². The van der Waals surface area contributed by atoms with Crippen molar-refractivity contribution < 1.29 is 5.11 Å². The molecule has 12 heavy (non-hydrogen) atoms. The molecule has 0 aliphatic heterocycles. The fourth-order valence-corrected chi connectivity index (χ4v) is 2.21. The largest absolute Gasteiger partial charge is 0.396 e. The third kappa shape index (κ3) is 2.59. The van der Waals surface area contributed by atoms with Crippen LogP contribution in [-0.4, -0.2) is 18.3 Å². The fourth-order valence-electron chi connectivity index (χ4n) is 1.31. The van der Waals surface area contributed by atoms with Crippen LogP contribution in [0.4, 0.5) is 0 Å². The number of aliphatic hydroxyl groups excluding tert-OH is 1. The molecule has 0 aliphatic carbocycles. The maximum Gasteiger partial charge on any atom is 0.0437 e. The molecule has 1 aromatic heterocycles. The first-order valence-corrected chi connectivity index (χ1v) is 5.10. The van der Waals surface area contributed by atoms with Gasteiger partial charge in [-0.25, -0.2) is 0 Å². The first-order chi connectivity index (χ1) is 5.88. The molecule has 3 heteroatoms. The van der Waals surface area contributed by atoms with Gasteiger partial charge in [-0.05, 0) is 36.8 Å². The van der Waals surface area contributed by atoms with Gasteiger partial charge in [0.05, 0.1) is 0 Å². The topological polar surface area (TPSA) is 46.2 Å². The Morgan fingerprint density at radius 1 is 1.50 bits per heavy atom. The minimum absolute atomic E-state index is 0.253. The number of hydrogen-bond acceptors (Lipinski definition) is 3. The van der Waals surface area contributed by atoms with E-state index in [9.17, 15) is 0 Å². The molecule has 0 aromatic carbocycles. The highest BCUT2D eigenvalue weighted by atomic mass is 32.1. The monoisotopic (exact) mass is 185 g/mol. The maximum atomic E-state index is 8.83. The molecular weight excluding hydrogens is 170 g/mol.